The molecule has 1 amide bonds. The van der Waals surface area contributed by atoms with Crippen LogP contribution in [0.3, 0.4) is 0 Å². The number of unbranched alkanes of at least 4 members (excludes halogenated alkanes) is 39. The van der Waals surface area contributed by atoms with Crippen molar-refractivity contribution in [2.45, 2.75) is 334 Å². The molecule has 0 saturated carbocycles. The maximum atomic E-state index is 12.5. The van der Waals surface area contributed by atoms with Crippen molar-refractivity contribution in [3.05, 3.63) is 36.5 Å². The molecule has 6 heteroatoms. The Labute approximate surface area is 424 Å². The molecule has 2 atom stereocenters. The summed E-state index contributed by atoms with van der Waals surface area (Å²) in [5, 5.41) is 23.3. The third-order valence-electron chi connectivity index (χ3n) is 13.9. The van der Waals surface area contributed by atoms with Crippen LogP contribution in [-0.4, -0.2) is 47.4 Å². The highest BCUT2D eigenvalue weighted by atomic mass is 16.5. The first kappa shape index (κ1) is 66.1. The monoisotopic (exact) mass is 956 g/mol. The van der Waals surface area contributed by atoms with Crippen molar-refractivity contribution in [3.8, 4) is 0 Å². The number of hydrogen-bond donors (Lipinski definition) is 3. The number of aliphatic hydroxyl groups excluding tert-OH is 2. The van der Waals surface area contributed by atoms with Gasteiger partial charge in [-0.05, 0) is 77.0 Å². The molecule has 0 aliphatic heterocycles. The molecule has 6 nitrogen and oxygen atoms in total. The Morgan fingerprint density at radius 1 is 0.412 bits per heavy atom. The molecule has 0 aliphatic rings. The first-order chi connectivity index (χ1) is 33.5. The Hall–Kier alpha value is -1.92. The molecule has 68 heavy (non-hydrogen) atoms. The molecule has 0 spiro atoms. The molecule has 400 valence electrons. The summed E-state index contributed by atoms with van der Waals surface area (Å²) >= 11 is 0. The quantitative estimate of drug-likeness (QED) is 0.0321. The van der Waals surface area contributed by atoms with Crippen LogP contribution in [-0.2, 0) is 14.3 Å². The van der Waals surface area contributed by atoms with E-state index >= 15 is 0 Å². The third kappa shape index (κ3) is 53.4. The number of allylic oxidation sites excluding steroid dienone is 6. The average Bonchev–Trinajstić information content (AvgIpc) is 3.34. The van der Waals surface area contributed by atoms with Gasteiger partial charge in [0.2, 0.25) is 5.91 Å². The van der Waals surface area contributed by atoms with E-state index in [9.17, 15) is 19.8 Å². The first-order valence-electron chi connectivity index (χ1n) is 30.2. The Bertz CT molecular complexity index is 1100. The molecule has 0 rings (SSSR count). The number of rotatable bonds is 56. The normalized spacial score (nSPS) is 12.8. The van der Waals surface area contributed by atoms with E-state index in [0.717, 1.165) is 51.4 Å². The number of hydrogen-bond acceptors (Lipinski definition) is 5. The molecule has 0 radical (unpaired) electrons. The van der Waals surface area contributed by atoms with E-state index in [1.807, 2.05) is 0 Å². The van der Waals surface area contributed by atoms with Crippen LogP contribution in [0.1, 0.15) is 322 Å². The molecule has 2 unspecified atom stereocenters. The van der Waals surface area contributed by atoms with Crippen LogP contribution in [0.4, 0.5) is 0 Å². The van der Waals surface area contributed by atoms with Gasteiger partial charge in [0.15, 0.2) is 0 Å². The lowest BCUT2D eigenvalue weighted by atomic mass is 10.0. The molecular formula is C62H117NO5. The Balaban J connectivity index is 3.44. The van der Waals surface area contributed by atoms with Gasteiger partial charge in [-0.2, -0.15) is 0 Å². The molecule has 0 aromatic rings. The molecule has 0 aliphatic carbocycles. The summed E-state index contributed by atoms with van der Waals surface area (Å²) in [6.45, 7) is 4.91. The second-order valence-corrected chi connectivity index (χ2v) is 20.7. The smallest absolute Gasteiger partial charge is 0.305 e. The van der Waals surface area contributed by atoms with E-state index in [4.69, 9.17) is 4.74 Å². The van der Waals surface area contributed by atoms with Crippen LogP contribution in [0.5, 0.6) is 0 Å². The van der Waals surface area contributed by atoms with E-state index in [2.05, 4.69) is 55.6 Å². The van der Waals surface area contributed by atoms with Crippen molar-refractivity contribution in [1.29, 1.82) is 0 Å². The molecule has 0 aromatic heterocycles. The maximum absolute atomic E-state index is 12.5. The second-order valence-electron chi connectivity index (χ2n) is 20.7. The van der Waals surface area contributed by atoms with Gasteiger partial charge in [0.25, 0.3) is 0 Å². The lowest BCUT2D eigenvalue weighted by Gasteiger charge is -2.22. The van der Waals surface area contributed by atoms with Crippen LogP contribution < -0.4 is 5.32 Å². The zero-order valence-corrected chi connectivity index (χ0v) is 45.6. The van der Waals surface area contributed by atoms with Crippen LogP contribution in [0.25, 0.3) is 0 Å². The van der Waals surface area contributed by atoms with Crippen molar-refractivity contribution in [2.75, 3.05) is 13.2 Å². The number of ether oxygens (including phenoxy) is 1. The topological polar surface area (TPSA) is 95.9 Å². The average molecular weight is 957 g/mol. The van der Waals surface area contributed by atoms with E-state index in [1.54, 1.807) is 0 Å². The third-order valence-corrected chi connectivity index (χ3v) is 13.9. The highest BCUT2D eigenvalue weighted by Crippen LogP contribution is 2.17. The SMILES string of the molecule is CCCC/C=C\C/C=C\CCCCCCCC(=O)OCCCCCCCCCCC/C=C\CCCCCCCCCC(=O)NC(CO)C(O)CCCCCCCCCCCCCCCCCCC. The van der Waals surface area contributed by atoms with Crippen LogP contribution in [0.2, 0.25) is 0 Å². The highest BCUT2D eigenvalue weighted by molar-refractivity contribution is 5.76. The summed E-state index contributed by atoms with van der Waals surface area (Å²) in [6.07, 6.45) is 71.4. The van der Waals surface area contributed by atoms with Gasteiger partial charge in [-0.3, -0.25) is 9.59 Å². The fourth-order valence-corrected chi connectivity index (χ4v) is 9.24. The summed E-state index contributed by atoms with van der Waals surface area (Å²) in [6, 6.07) is -0.549. The van der Waals surface area contributed by atoms with Gasteiger partial charge in [-0.25, -0.2) is 0 Å². The van der Waals surface area contributed by atoms with E-state index < -0.39 is 12.1 Å². The van der Waals surface area contributed by atoms with E-state index in [0.29, 0.717) is 25.9 Å². The first-order valence-corrected chi connectivity index (χ1v) is 30.2. The lowest BCUT2D eigenvalue weighted by Crippen LogP contribution is -2.45. The minimum absolute atomic E-state index is 0.00834. The number of amides is 1. The number of aliphatic hydroxyl groups is 2. The lowest BCUT2D eigenvalue weighted by molar-refractivity contribution is -0.143. The minimum Gasteiger partial charge on any atom is -0.466 e. The zero-order valence-electron chi connectivity index (χ0n) is 45.6. The van der Waals surface area contributed by atoms with Crippen LogP contribution in [0, 0.1) is 0 Å². The summed E-state index contributed by atoms with van der Waals surface area (Å²) in [5.41, 5.74) is 0. The van der Waals surface area contributed by atoms with Gasteiger partial charge in [0, 0.05) is 12.8 Å². The Morgan fingerprint density at radius 2 is 0.750 bits per heavy atom. The van der Waals surface area contributed by atoms with Gasteiger partial charge >= 0.3 is 5.97 Å². The zero-order chi connectivity index (χ0) is 49.3. The molecule has 0 saturated heterocycles. The van der Waals surface area contributed by atoms with Crippen molar-refractivity contribution in [2.24, 2.45) is 0 Å². The Kier molecular flexibility index (Phi) is 56.0. The van der Waals surface area contributed by atoms with Crippen molar-refractivity contribution >= 4 is 11.9 Å². The van der Waals surface area contributed by atoms with Crippen molar-refractivity contribution in [3.63, 3.8) is 0 Å². The van der Waals surface area contributed by atoms with Gasteiger partial charge in [0.1, 0.15) is 0 Å². The molecule has 3 N–H and O–H groups in total. The minimum atomic E-state index is -0.671. The van der Waals surface area contributed by atoms with E-state index in [1.165, 1.54) is 238 Å². The largest absolute Gasteiger partial charge is 0.466 e. The van der Waals surface area contributed by atoms with Crippen LogP contribution >= 0.6 is 0 Å². The predicted octanol–water partition coefficient (Wildman–Crippen LogP) is 18.8. The summed E-state index contributed by atoms with van der Waals surface area (Å²) in [7, 11) is 0. The molecular weight excluding hydrogens is 839 g/mol. The number of carbonyl (C=O) groups is 2. The second kappa shape index (κ2) is 57.7. The predicted molar refractivity (Wildman–Crippen MR) is 296 cm³/mol. The fraction of sp³-hybridized carbons (Fsp3) is 0.871. The van der Waals surface area contributed by atoms with Gasteiger partial charge < -0.3 is 20.3 Å². The van der Waals surface area contributed by atoms with Crippen molar-refractivity contribution in [1.82, 2.24) is 5.32 Å². The highest BCUT2D eigenvalue weighted by Gasteiger charge is 2.20. The maximum Gasteiger partial charge on any atom is 0.305 e. The molecule has 0 aromatic carbocycles. The van der Waals surface area contributed by atoms with Gasteiger partial charge in [0.05, 0.1) is 25.4 Å². The molecule has 0 bridgehead atoms. The van der Waals surface area contributed by atoms with Gasteiger partial charge in [-0.15, -0.1) is 0 Å². The number of carbonyl (C=O) groups excluding carboxylic acids is 2. The molecule has 0 fully saturated rings. The fourth-order valence-electron chi connectivity index (χ4n) is 9.24. The van der Waals surface area contributed by atoms with Crippen LogP contribution in [0.15, 0.2) is 36.5 Å². The summed E-state index contributed by atoms with van der Waals surface area (Å²) in [5.74, 6) is -0.0506. The van der Waals surface area contributed by atoms with Crippen molar-refractivity contribution < 1.29 is 24.5 Å². The van der Waals surface area contributed by atoms with E-state index in [-0.39, 0.29) is 18.5 Å². The molecule has 0 heterocycles. The number of nitrogens with one attached hydrogen (secondary N) is 1. The van der Waals surface area contributed by atoms with Gasteiger partial charge in [-0.1, -0.05) is 269 Å². The standard InChI is InChI=1S/C62H117NO5/c1-3-5-7-9-11-13-15-17-19-24-27-30-34-38-42-46-50-54-60(65)59(58-64)63-61(66)55-51-47-43-39-35-31-28-25-22-20-21-23-26-29-33-37-41-45-49-53-57-68-62(67)56-52-48-44-40-36-32-18-16-14-12-10-8-6-4-2/h10,12,16,18,20,22,59-60,64-65H,3-9,11,13-15,17,19,21,23-58H2,1-2H3,(H,63,66)/b12-10-,18-16-,22-20-. The summed E-state index contributed by atoms with van der Waals surface area (Å²) < 4.78 is 5.47. The Morgan fingerprint density at radius 3 is 1.18 bits per heavy atom. The summed E-state index contributed by atoms with van der Waals surface area (Å²) in [4.78, 5) is 24.5. The number of esters is 1.